The van der Waals surface area contributed by atoms with E-state index < -0.39 is 0 Å². The molecule has 1 aromatic heterocycles. The van der Waals surface area contributed by atoms with Crippen molar-refractivity contribution in [3.05, 3.63) is 41.2 Å². The molecule has 7 heteroatoms. The predicted octanol–water partition coefficient (Wildman–Crippen LogP) is 2.78. The molecule has 3 rings (SSSR count). The minimum Gasteiger partial charge on any atom is -0.444 e. The van der Waals surface area contributed by atoms with E-state index in [1.165, 1.54) is 0 Å². The Kier molecular flexibility index (Phi) is 6.04. The van der Waals surface area contributed by atoms with Gasteiger partial charge in [-0.1, -0.05) is 11.6 Å². The van der Waals surface area contributed by atoms with E-state index in [-0.39, 0.29) is 24.7 Å². The van der Waals surface area contributed by atoms with E-state index in [2.05, 4.69) is 17.2 Å². The number of hydrogen-bond acceptors (Lipinski definition) is 4. The molecule has 0 spiro atoms. The maximum Gasteiger partial charge on any atom is 0.228 e. The number of halogens is 2. The summed E-state index contributed by atoms with van der Waals surface area (Å²) in [5, 5.41) is 3.99. The number of carbonyl (C=O) groups is 1. The van der Waals surface area contributed by atoms with Crippen LogP contribution in [0.5, 0.6) is 0 Å². The molecule has 2 heterocycles. The second kappa shape index (κ2) is 7.81. The minimum absolute atomic E-state index is 0. The quantitative estimate of drug-likeness (QED) is 0.919. The summed E-state index contributed by atoms with van der Waals surface area (Å²) in [5.41, 5.74) is 1.50. The Labute approximate surface area is 146 Å². The summed E-state index contributed by atoms with van der Waals surface area (Å²) in [6, 6.07) is 7.59. The number of carbonyl (C=O) groups excluding carboxylic acids is 1. The highest BCUT2D eigenvalue weighted by atomic mass is 35.5. The molecule has 23 heavy (non-hydrogen) atoms. The SMILES string of the molecule is CC1CN(C(=O)Cc2coc(-c3ccc(Cl)cc3)n2)CCN1.Cl. The summed E-state index contributed by atoms with van der Waals surface area (Å²) < 4.78 is 5.46. The summed E-state index contributed by atoms with van der Waals surface area (Å²) in [6.07, 6.45) is 1.82. The van der Waals surface area contributed by atoms with Crippen LogP contribution in [0.2, 0.25) is 5.02 Å². The van der Waals surface area contributed by atoms with Gasteiger partial charge in [-0.3, -0.25) is 4.79 Å². The van der Waals surface area contributed by atoms with E-state index in [0.717, 1.165) is 25.2 Å². The number of benzene rings is 1. The van der Waals surface area contributed by atoms with Crippen LogP contribution in [0.3, 0.4) is 0 Å². The summed E-state index contributed by atoms with van der Waals surface area (Å²) in [6.45, 7) is 4.39. The van der Waals surface area contributed by atoms with Gasteiger partial charge in [0.05, 0.1) is 12.1 Å². The molecule has 0 radical (unpaired) electrons. The van der Waals surface area contributed by atoms with E-state index in [0.29, 0.717) is 22.6 Å². The molecule has 0 bridgehead atoms. The molecule has 124 valence electrons. The first-order chi connectivity index (χ1) is 10.6. The van der Waals surface area contributed by atoms with Crippen LogP contribution in [0.4, 0.5) is 0 Å². The minimum atomic E-state index is 0. The lowest BCUT2D eigenvalue weighted by Gasteiger charge is -2.31. The molecule has 1 fully saturated rings. The van der Waals surface area contributed by atoms with Gasteiger partial charge in [-0.2, -0.15) is 0 Å². The largest absolute Gasteiger partial charge is 0.444 e. The molecule has 1 atom stereocenters. The zero-order chi connectivity index (χ0) is 15.5. The molecule has 5 nitrogen and oxygen atoms in total. The Bertz CT molecular complexity index is 658. The number of amides is 1. The molecule has 1 unspecified atom stereocenters. The van der Waals surface area contributed by atoms with Gasteiger partial charge in [-0.15, -0.1) is 12.4 Å². The smallest absolute Gasteiger partial charge is 0.228 e. The fourth-order valence-electron chi connectivity index (χ4n) is 2.54. The first-order valence-electron chi connectivity index (χ1n) is 7.33. The molecular formula is C16H19Cl2N3O2. The zero-order valence-corrected chi connectivity index (χ0v) is 14.4. The maximum atomic E-state index is 12.3. The fourth-order valence-corrected chi connectivity index (χ4v) is 2.66. The average molecular weight is 356 g/mol. The fraction of sp³-hybridized carbons (Fsp3) is 0.375. The van der Waals surface area contributed by atoms with Crippen LogP contribution in [-0.4, -0.2) is 41.5 Å². The molecule has 1 aromatic carbocycles. The number of aromatic nitrogens is 1. The molecular weight excluding hydrogens is 337 g/mol. The summed E-state index contributed by atoms with van der Waals surface area (Å²) in [7, 11) is 0. The van der Waals surface area contributed by atoms with Crippen LogP contribution in [0.25, 0.3) is 11.5 Å². The lowest BCUT2D eigenvalue weighted by molar-refractivity contribution is -0.131. The van der Waals surface area contributed by atoms with E-state index >= 15 is 0 Å². The van der Waals surface area contributed by atoms with Gasteiger partial charge in [-0.25, -0.2) is 4.98 Å². The van der Waals surface area contributed by atoms with Gasteiger partial charge in [0.1, 0.15) is 6.26 Å². The van der Waals surface area contributed by atoms with Crippen LogP contribution < -0.4 is 5.32 Å². The van der Waals surface area contributed by atoms with Gasteiger partial charge in [0.25, 0.3) is 0 Å². The predicted molar refractivity (Wildman–Crippen MR) is 91.9 cm³/mol. The maximum absolute atomic E-state index is 12.3. The van der Waals surface area contributed by atoms with Crippen molar-refractivity contribution in [2.45, 2.75) is 19.4 Å². The zero-order valence-electron chi connectivity index (χ0n) is 12.8. The summed E-state index contributed by atoms with van der Waals surface area (Å²) >= 11 is 5.86. The van der Waals surface area contributed by atoms with Crippen molar-refractivity contribution >= 4 is 29.9 Å². The molecule has 1 amide bonds. The summed E-state index contributed by atoms with van der Waals surface area (Å²) in [5.74, 6) is 0.595. The van der Waals surface area contributed by atoms with Crippen molar-refractivity contribution in [2.24, 2.45) is 0 Å². The van der Waals surface area contributed by atoms with Crippen molar-refractivity contribution < 1.29 is 9.21 Å². The second-order valence-electron chi connectivity index (χ2n) is 5.52. The number of piperazine rings is 1. The standard InChI is InChI=1S/C16H18ClN3O2.ClH/c1-11-9-20(7-6-18-11)15(21)8-14-10-22-16(19-14)12-2-4-13(17)5-3-12;/h2-5,10-11,18H,6-9H2,1H3;1H. The Morgan fingerprint density at radius 2 is 2.17 bits per heavy atom. The summed E-state index contributed by atoms with van der Waals surface area (Å²) in [4.78, 5) is 18.6. The van der Waals surface area contributed by atoms with Crippen LogP contribution >= 0.6 is 24.0 Å². The molecule has 0 saturated carbocycles. The van der Waals surface area contributed by atoms with Gasteiger partial charge >= 0.3 is 0 Å². The van der Waals surface area contributed by atoms with Crippen LogP contribution in [0, 0.1) is 0 Å². The van der Waals surface area contributed by atoms with Crippen LogP contribution in [0.1, 0.15) is 12.6 Å². The van der Waals surface area contributed by atoms with Crippen molar-refractivity contribution in [1.82, 2.24) is 15.2 Å². The third kappa shape index (κ3) is 4.47. The van der Waals surface area contributed by atoms with Crippen molar-refractivity contribution in [1.29, 1.82) is 0 Å². The van der Waals surface area contributed by atoms with Crippen molar-refractivity contribution in [3.63, 3.8) is 0 Å². The number of rotatable bonds is 3. The van der Waals surface area contributed by atoms with E-state index in [1.807, 2.05) is 17.0 Å². The Morgan fingerprint density at radius 1 is 1.43 bits per heavy atom. The third-order valence-electron chi connectivity index (χ3n) is 3.70. The van der Waals surface area contributed by atoms with E-state index in [4.69, 9.17) is 16.0 Å². The molecule has 1 aliphatic heterocycles. The highest BCUT2D eigenvalue weighted by molar-refractivity contribution is 6.30. The van der Waals surface area contributed by atoms with Crippen molar-refractivity contribution in [2.75, 3.05) is 19.6 Å². The van der Waals surface area contributed by atoms with Crippen LogP contribution in [0.15, 0.2) is 34.9 Å². The van der Waals surface area contributed by atoms with Gasteiger partial charge in [0.2, 0.25) is 11.8 Å². The lowest BCUT2D eigenvalue weighted by atomic mass is 10.2. The Balaban J connectivity index is 0.00000192. The Morgan fingerprint density at radius 3 is 2.87 bits per heavy atom. The third-order valence-corrected chi connectivity index (χ3v) is 3.95. The van der Waals surface area contributed by atoms with Gasteiger partial charge in [-0.05, 0) is 31.2 Å². The van der Waals surface area contributed by atoms with Crippen molar-refractivity contribution in [3.8, 4) is 11.5 Å². The first-order valence-corrected chi connectivity index (χ1v) is 7.71. The first kappa shape index (κ1) is 17.8. The van der Waals surface area contributed by atoms with Crippen LogP contribution in [-0.2, 0) is 11.2 Å². The highest BCUT2D eigenvalue weighted by Gasteiger charge is 2.21. The van der Waals surface area contributed by atoms with Gasteiger partial charge in [0, 0.05) is 36.3 Å². The molecule has 1 aliphatic rings. The molecule has 0 aliphatic carbocycles. The van der Waals surface area contributed by atoms with Gasteiger partial charge < -0.3 is 14.6 Å². The lowest BCUT2D eigenvalue weighted by Crippen LogP contribution is -2.51. The van der Waals surface area contributed by atoms with Gasteiger partial charge in [0.15, 0.2) is 0 Å². The Hall–Kier alpha value is -1.56. The number of nitrogens with zero attached hydrogens (tertiary/aromatic N) is 2. The highest BCUT2D eigenvalue weighted by Crippen LogP contribution is 2.21. The van der Waals surface area contributed by atoms with E-state index in [1.54, 1.807) is 18.4 Å². The van der Waals surface area contributed by atoms with E-state index in [9.17, 15) is 4.79 Å². The normalized spacial score (nSPS) is 17.7. The molecule has 1 N–H and O–H groups in total. The number of hydrogen-bond donors (Lipinski definition) is 1. The second-order valence-corrected chi connectivity index (χ2v) is 5.96. The number of oxazole rings is 1. The number of nitrogens with one attached hydrogen (secondary N) is 1. The molecule has 2 aromatic rings. The topological polar surface area (TPSA) is 58.4 Å². The average Bonchev–Trinajstić information content (AvgIpc) is 2.96. The monoisotopic (exact) mass is 355 g/mol. The molecule has 1 saturated heterocycles.